The van der Waals surface area contributed by atoms with Crippen LogP contribution in [0.4, 0.5) is 10.1 Å². The molecule has 2 aromatic carbocycles. The van der Waals surface area contributed by atoms with Gasteiger partial charge < -0.3 is 10.1 Å². The van der Waals surface area contributed by atoms with Crippen molar-refractivity contribution in [3.05, 3.63) is 59.4 Å². The second-order valence-electron chi connectivity index (χ2n) is 4.82. The van der Waals surface area contributed by atoms with Crippen LogP contribution >= 0.6 is 23.4 Å². The summed E-state index contributed by atoms with van der Waals surface area (Å²) >= 11 is 7.21. The summed E-state index contributed by atoms with van der Waals surface area (Å²) in [5, 5.41) is 2.92. The topological polar surface area (TPSA) is 55.4 Å². The van der Waals surface area contributed by atoms with E-state index < -0.39 is 23.8 Å². The molecule has 1 amide bonds. The quantitative estimate of drug-likeness (QED) is 0.615. The molecule has 0 aliphatic carbocycles. The van der Waals surface area contributed by atoms with Gasteiger partial charge in [-0.3, -0.25) is 9.59 Å². The third-order valence-corrected chi connectivity index (χ3v) is 4.48. The zero-order valence-corrected chi connectivity index (χ0v) is 14.4. The summed E-state index contributed by atoms with van der Waals surface area (Å²) in [4.78, 5) is 24.5. The molecular formula is C17H15ClFNO3S. The molecule has 2 aromatic rings. The number of esters is 1. The second kappa shape index (κ2) is 8.70. The van der Waals surface area contributed by atoms with E-state index in [0.717, 1.165) is 4.90 Å². The molecule has 1 N–H and O–H groups in total. The zero-order chi connectivity index (χ0) is 17.5. The Kier molecular flexibility index (Phi) is 6.63. The van der Waals surface area contributed by atoms with Crippen LogP contribution in [0.1, 0.15) is 6.92 Å². The van der Waals surface area contributed by atoms with Crippen LogP contribution < -0.4 is 5.32 Å². The Balaban J connectivity index is 1.84. The first-order valence-electron chi connectivity index (χ1n) is 7.09. The fourth-order valence-corrected chi connectivity index (χ4v) is 2.80. The molecule has 0 saturated heterocycles. The number of thioether (sulfide) groups is 1. The first-order valence-corrected chi connectivity index (χ1v) is 8.46. The van der Waals surface area contributed by atoms with Gasteiger partial charge in [0.05, 0.1) is 16.5 Å². The number of nitrogens with one attached hydrogen (secondary N) is 1. The van der Waals surface area contributed by atoms with E-state index in [0.29, 0.717) is 5.02 Å². The Bertz CT molecular complexity index is 741. The molecule has 126 valence electrons. The molecule has 0 heterocycles. The van der Waals surface area contributed by atoms with Gasteiger partial charge in [0.2, 0.25) is 0 Å². The number of ether oxygens (including phenoxy) is 1. The maximum absolute atomic E-state index is 13.5. The summed E-state index contributed by atoms with van der Waals surface area (Å²) < 4.78 is 18.5. The standard InChI is InChI=1S/C17H15ClFNO3S/c1-11(17(22)20-14-8-4-3-7-13(14)19)23-16(21)10-24-15-9-5-2-6-12(15)18/h2-9,11H,10H2,1H3,(H,20,22)/t11-/m0/s1. The Morgan fingerprint density at radius 3 is 2.58 bits per heavy atom. The lowest BCUT2D eigenvalue weighted by Gasteiger charge is -2.14. The van der Waals surface area contributed by atoms with Gasteiger partial charge in [-0.1, -0.05) is 35.9 Å². The molecule has 0 radical (unpaired) electrons. The summed E-state index contributed by atoms with van der Waals surface area (Å²) in [6, 6.07) is 12.9. The fraction of sp³-hybridized carbons (Fsp3) is 0.176. The molecule has 4 nitrogen and oxygen atoms in total. The number of carbonyl (C=O) groups excluding carboxylic acids is 2. The first kappa shape index (κ1) is 18.3. The van der Waals surface area contributed by atoms with E-state index in [-0.39, 0.29) is 11.4 Å². The van der Waals surface area contributed by atoms with Crippen molar-refractivity contribution in [2.45, 2.75) is 17.9 Å². The van der Waals surface area contributed by atoms with Crippen molar-refractivity contribution in [2.75, 3.05) is 11.1 Å². The van der Waals surface area contributed by atoms with E-state index in [2.05, 4.69) is 5.32 Å². The minimum Gasteiger partial charge on any atom is -0.452 e. The molecule has 0 aromatic heterocycles. The van der Waals surface area contributed by atoms with E-state index >= 15 is 0 Å². The average molecular weight is 368 g/mol. The predicted octanol–water partition coefficient (Wildman–Crippen LogP) is 4.14. The molecule has 2 rings (SSSR count). The summed E-state index contributed by atoms with van der Waals surface area (Å²) in [7, 11) is 0. The Morgan fingerprint density at radius 2 is 1.88 bits per heavy atom. The summed E-state index contributed by atoms with van der Waals surface area (Å²) in [6.45, 7) is 1.42. The van der Waals surface area contributed by atoms with Gasteiger partial charge in [0.1, 0.15) is 5.82 Å². The van der Waals surface area contributed by atoms with Crippen LogP contribution in [0.3, 0.4) is 0 Å². The molecular weight excluding hydrogens is 353 g/mol. The number of para-hydroxylation sites is 1. The maximum atomic E-state index is 13.5. The highest BCUT2D eigenvalue weighted by Crippen LogP contribution is 2.26. The predicted molar refractivity (Wildman–Crippen MR) is 92.8 cm³/mol. The van der Waals surface area contributed by atoms with Crippen LogP contribution in [-0.2, 0) is 14.3 Å². The highest BCUT2D eigenvalue weighted by molar-refractivity contribution is 8.00. The molecule has 0 fully saturated rings. The highest BCUT2D eigenvalue weighted by Gasteiger charge is 2.19. The number of hydrogen-bond donors (Lipinski definition) is 1. The molecule has 0 spiro atoms. The maximum Gasteiger partial charge on any atom is 0.317 e. The molecule has 0 aliphatic rings. The largest absolute Gasteiger partial charge is 0.452 e. The van der Waals surface area contributed by atoms with Gasteiger partial charge in [-0.25, -0.2) is 4.39 Å². The molecule has 1 atom stereocenters. The summed E-state index contributed by atoms with van der Waals surface area (Å²) in [5.74, 6) is -1.70. The number of rotatable bonds is 6. The minimum absolute atomic E-state index is 0.0149. The van der Waals surface area contributed by atoms with E-state index in [4.69, 9.17) is 16.3 Å². The first-order chi connectivity index (χ1) is 11.5. The summed E-state index contributed by atoms with van der Waals surface area (Å²) in [6.07, 6.45) is -1.04. The van der Waals surface area contributed by atoms with Gasteiger partial charge in [-0.2, -0.15) is 0 Å². The van der Waals surface area contributed by atoms with Crippen LogP contribution in [0.2, 0.25) is 5.02 Å². The van der Waals surface area contributed by atoms with Crippen molar-refractivity contribution >= 4 is 40.9 Å². The number of halogens is 2. The number of benzene rings is 2. The lowest BCUT2D eigenvalue weighted by Crippen LogP contribution is -2.30. The van der Waals surface area contributed by atoms with E-state index in [1.54, 1.807) is 24.3 Å². The normalized spacial score (nSPS) is 11.6. The Morgan fingerprint density at radius 1 is 1.21 bits per heavy atom. The number of amides is 1. The SMILES string of the molecule is C[C@H](OC(=O)CSc1ccccc1Cl)C(=O)Nc1ccccc1F. The Labute approximate surface area is 148 Å². The van der Waals surface area contributed by atoms with Crippen LogP contribution in [0, 0.1) is 5.82 Å². The third kappa shape index (κ3) is 5.25. The molecule has 0 bridgehead atoms. The summed E-state index contributed by atoms with van der Waals surface area (Å²) in [5.41, 5.74) is 0.0378. The number of anilines is 1. The zero-order valence-electron chi connectivity index (χ0n) is 12.8. The van der Waals surface area contributed by atoms with Gasteiger partial charge in [-0.15, -0.1) is 11.8 Å². The van der Waals surface area contributed by atoms with Gasteiger partial charge in [0.15, 0.2) is 6.10 Å². The van der Waals surface area contributed by atoms with Gasteiger partial charge in [-0.05, 0) is 31.2 Å². The van der Waals surface area contributed by atoms with E-state index in [9.17, 15) is 14.0 Å². The fourth-order valence-electron chi connectivity index (χ4n) is 1.78. The lowest BCUT2D eigenvalue weighted by molar-refractivity contribution is -0.150. The van der Waals surface area contributed by atoms with E-state index in [1.165, 1.54) is 36.9 Å². The average Bonchev–Trinajstić information content (AvgIpc) is 2.56. The van der Waals surface area contributed by atoms with Crippen LogP contribution in [0.25, 0.3) is 0 Å². The molecule has 7 heteroatoms. The smallest absolute Gasteiger partial charge is 0.317 e. The Hall–Kier alpha value is -2.05. The molecule has 0 saturated carbocycles. The lowest BCUT2D eigenvalue weighted by atomic mass is 10.3. The number of hydrogen-bond acceptors (Lipinski definition) is 4. The van der Waals surface area contributed by atoms with Crippen molar-refractivity contribution in [3.8, 4) is 0 Å². The molecule has 0 aliphatic heterocycles. The minimum atomic E-state index is -1.04. The highest BCUT2D eigenvalue weighted by atomic mass is 35.5. The number of carbonyl (C=O) groups is 2. The van der Waals surface area contributed by atoms with Crippen molar-refractivity contribution in [3.63, 3.8) is 0 Å². The van der Waals surface area contributed by atoms with Crippen molar-refractivity contribution in [1.82, 2.24) is 0 Å². The van der Waals surface area contributed by atoms with Gasteiger partial charge in [0, 0.05) is 4.90 Å². The third-order valence-electron chi connectivity index (χ3n) is 2.99. The van der Waals surface area contributed by atoms with Crippen molar-refractivity contribution in [1.29, 1.82) is 0 Å². The van der Waals surface area contributed by atoms with E-state index in [1.807, 2.05) is 6.07 Å². The van der Waals surface area contributed by atoms with Crippen LogP contribution in [0.5, 0.6) is 0 Å². The molecule has 0 unspecified atom stereocenters. The molecule has 24 heavy (non-hydrogen) atoms. The van der Waals surface area contributed by atoms with Crippen LogP contribution in [0.15, 0.2) is 53.4 Å². The monoisotopic (exact) mass is 367 g/mol. The van der Waals surface area contributed by atoms with Crippen molar-refractivity contribution in [2.24, 2.45) is 0 Å². The second-order valence-corrected chi connectivity index (χ2v) is 6.24. The van der Waals surface area contributed by atoms with Gasteiger partial charge >= 0.3 is 5.97 Å². The van der Waals surface area contributed by atoms with Crippen LogP contribution in [-0.4, -0.2) is 23.7 Å². The van der Waals surface area contributed by atoms with Crippen molar-refractivity contribution < 1.29 is 18.7 Å². The van der Waals surface area contributed by atoms with Gasteiger partial charge in [0.25, 0.3) is 5.91 Å².